The molecular formula is C15H26N2O2S. The van der Waals surface area contributed by atoms with E-state index in [1.165, 1.54) is 4.31 Å². The largest absolute Gasteiger partial charge is 0.310 e. The molecule has 0 aromatic heterocycles. The average molecular weight is 298 g/mol. The summed E-state index contributed by atoms with van der Waals surface area (Å²) in [7, 11) is -1.77. The first kappa shape index (κ1) is 17.1. The second-order valence-electron chi connectivity index (χ2n) is 5.77. The molecule has 1 N–H and O–H groups in total. The smallest absolute Gasteiger partial charge is 0.242 e. The second-order valence-corrected chi connectivity index (χ2v) is 7.82. The molecule has 5 heteroatoms. The van der Waals surface area contributed by atoms with Gasteiger partial charge in [-0.25, -0.2) is 8.42 Å². The molecule has 1 atom stereocenters. The number of sulfonamides is 1. The second kappa shape index (κ2) is 7.20. The SMILES string of the molecule is CC(C)N[C@H](CN(C)S(=O)(=O)c1ccccc1)C(C)C. The zero-order valence-electron chi connectivity index (χ0n) is 13.0. The van der Waals surface area contributed by atoms with Crippen LogP contribution in [-0.2, 0) is 10.0 Å². The van der Waals surface area contributed by atoms with Crippen LogP contribution in [0, 0.1) is 5.92 Å². The van der Waals surface area contributed by atoms with E-state index < -0.39 is 10.0 Å². The van der Waals surface area contributed by atoms with Crippen molar-refractivity contribution in [3.8, 4) is 0 Å². The minimum Gasteiger partial charge on any atom is -0.310 e. The lowest BCUT2D eigenvalue weighted by molar-refractivity contribution is 0.312. The zero-order valence-corrected chi connectivity index (χ0v) is 13.8. The van der Waals surface area contributed by atoms with E-state index in [4.69, 9.17) is 0 Å². The number of nitrogens with zero attached hydrogens (tertiary/aromatic N) is 1. The van der Waals surface area contributed by atoms with Crippen molar-refractivity contribution in [3.63, 3.8) is 0 Å². The fourth-order valence-corrected chi connectivity index (χ4v) is 3.25. The van der Waals surface area contributed by atoms with Gasteiger partial charge in [0.1, 0.15) is 0 Å². The van der Waals surface area contributed by atoms with Gasteiger partial charge in [-0.3, -0.25) is 0 Å². The van der Waals surface area contributed by atoms with Crippen LogP contribution in [0.1, 0.15) is 27.7 Å². The van der Waals surface area contributed by atoms with Crippen LogP contribution in [0.25, 0.3) is 0 Å². The number of benzene rings is 1. The standard InChI is InChI=1S/C15H26N2O2S/c1-12(2)15(16-13(3)4)11-17(5)20(18,19)14-9-7-6-8-10-14/h6-10,12-13,15-16H,11H2,1-5H3/t15-/m1/s1. The average Bonchev–Trinajstić information content (AvgIpc) is 2.38. The van der Waals surface area contributed by atoms with E-state index >= 15 is 0 Å². The summed E-state index contributed by atoms with van der Waals surface area (Å²) >= 11 is 0. The molecule has 0 saturated heterocycles. The molecule has 0 unspecified atom stereocenters. The monoisotopic (exact) mass is 298 g/mol. The lowest BCUT2D eigenvalue weighted by atomic mass is 10.0. The van der Waals surface area contributed by atoms with Crippen LogP contribution < -0.4 is 5.32 Å². The van der Waals surface area contributed by atoms with E-state index in [0.717, 1.165) is 0 Å². The van der Waals surface area contributed by atoms with E-state index in [1.807, 2.05) is 6.07 Å². The molecule has 0 saturated carbocycles. The molecule has 114 valence electrons. The molecule has 1 aromatic carbocycles. The lowest BCUT2D eigenvalue weighted by Crippen LogP contribution is -2.47. The van der Waals surface area contributed by atoms with E-state index in [2.05, 4.69) is 33.0 Å². The van der Waals surface area contributed by atoms with Crippen LogP contribution >= 0.6 is 0 Å². The van der Waals surface area contributed by atoms with Gasteiger partial charge in [0.2, 0.25) is 10.0 Å². The van der Waals surface area contributed by atoms with Crippen molar-refractivity contribution in [3.05, 3.63) is 30.3 Å². The summed E-state index contributed by atoms with van der Waals surface area (Å²) in [5.41, 5.74) is 0. The summed E-state index contributed by atoms with van der Waals surface area (Å²) < 4.78 is 26.4. The summed E-state index contributed by atoms with van der Waals surface area (Å²) in [4.78, 5) is 0.342. The molecule has 1 rings (SSSR count). The summed E-state index contributed by atoms with van der Waals surface area (Å²) in [5.74, 6) is 0.367. The maximum Gasteiger partial charge on any atom is 0.242 e. The first-order valence-corrected chi connectivity index (χ1v) is 8.46. The minimum absolute atomic E-state index is 0.137. The highest BCUT2D eigenvalue weighted by molar-refractivity contribution is 7.89. The first-order valence-electron chi connectivity index (χ1n) is 7.02. The third-order valence-electron chi connectivity index (χ3n) is 3.26. The molecule has 0 heterocycles. The molecule has 0 fully saturated rings. The van der Waals surface area contributed by atoms with Gasteiger partial charge in [0.25, 0.3) is 0 Å². The highest BCUT2D eigenvalue weighted by Gasteiger charge is 2.25. The maximum absolute atomic E-state index is 12.5. The minimum atomic E-state index is -3.41. The van der Waals surface area contributed by atoms with Crippen LogP contribution in [0.15, 0.2) is 35.2 Å². The highest BCUT2D eigenvalue weighted by atomic mass is 32.2. The molecule has 0 spiro atoms. The quantitative estimate of drug-likeness (QED) is 0.840. The number of likely N-dealkylation sites (N-methyl/N-ethyl adjacent to an activating group) is 1. The molecule has 0 aliphatic heterocycles. The molecule has 0 aliphatic carbocycles. The van der Waals surface area contributed by atoms with Gasteiger partial charge in [0.15, 0.2) is 0 Å². The van der Waals surface area contributed by atoms with E-state index in [0.29, 0.717) is 23.4 Å². The Morgan fingerprint density at radius 2 is 1.65 bits per heavy atom. The Balaban J connectivity index is 2.86. The normalized spacial score (nSPS) is 14.2. The number of hydrogen-bond acceptors (Lipinski definition) is 3. The van der Waals surface area contributed by atoms with Crippen LogP contribution in [0.5, 0.6) is 0 Å². The Hall–Kier alpha value is -0.910. The van der Waals surface area contributed by atoms with Gasteiger partial charge in [-0.05, 0) is 18.1 Å². The van der Waals surface area contributed by atoms with E-state index in [1.54, 1.807) is 31.3 Å². The van der Waals surface area contributed by atoms with Gasteiger partial charge in [0.05, 0.1) is 4.90 Å². The number of rotatable bonds is 7. The van der Waals surface area contributed by atoms with Gasteiger partial charge in [-0.15, -0.1) is 0 Å². The summed E-state index contributed by atoms with van der Waals surface area (Å²) in [5, 5.41) is 3.43. The van der Waals surface area contributed by atoms with Crippen molar-refractivity contribution in [2.75, 3.05) is 13.6 Å². The fraction of sp³-hybridized carbons (Fsp3) is 0.600. The van der Waals surface area contributed by atoms with Gasteiger partial charge in [-0.1, -0.05) is 45.9 Å². The summed E-state index contributed by atoms with van der Waals surface area (Å²) in [6, 6.07) is 9.03. The lowest BCUT2D eigenvalue weighted by Gasteiger charge is -2.29. The Morgan fingerprint density at radius 1 is 1.10 bits per heavy atom. The van der Waals surface area contributed by atoms with Gasteiger partial charge >= 0.3 is 0 Å². The Kier molecular flexibility index (Phi) is 6.17. The Morgan fingerprint density at radius 3 is 2.10 bits per heavy atom. The molecule has 0 bridgehead atoms. The third kappa shape index (κ3) is 4.58. The van der Waals surface area contributed by atoms with Crippen LogP contribution in [-0.4, -0.2) is 38.4 Å². The Bertz CT molecular complexity index is 498. The zero-order chi connectivity index (χ0) is 15.3. The predicted molar refractivity (Wildman–Crippen MR) is 83.2 cm³/mol. The molecule has 0 amide bonds. The highest BCUT2D eigenvalue weighted by Crippen LogP contribution is 2.15. The van der Waals surface area contributed by atoms with Crippen molar-refractivity contribution in [2.45, 2.75) is 44.7 Å². The van der Waals surface area contributed by atoms with E-state index in [-0.39, 0.29) is 6.04 Å². The molecular weight excluding hydrogens is 272 g/mol. The molecule has 0 radical (unpaired) electrons. The number of nitrogens with one attached hydrogen (secondary N) is 1. The summed E-state index contributed by atoms with van der Waals surface area (Å²) in [6.07, 6.45) is 0. The molecule has 0 aliphatic rings. The Labute approximate surface area is 123 Å². The van der Waals surface area contributed by atoms with E-state index in [9.17, 15) is 8.42 Å². The number of hydrogen-bond donors (Lipinski definition) is 1. The summed E-state index contributed by atoms with van der Waals surface area (Å²) in [6.45, 7) is 8.81. The van der Waals surface area contributed by atoms with Gasteiger partial charge < -0.3 is 5.32 Å². The van der Waals surface area contributed by atoms with Crippen molar-refractivity contribution in [1.29, 1.82) is 0 Å². The molecule has 1 aromatic rings. The van der Waals surface area contributed by atoms with Crippen LogP contribution in [0.3, 0.4) is 0 Å². The van der Waals surface area contributed by atoms with Crippen molar-refractivity contribution in [2.24, 2.45) is 5.92 Å². The predicted octanol–water partition coefficient (Wildman–Crippen LogP) is 2.33. The van der Waals surface area contributed by atoms with Gasteiger partial charge in [-0.2, -0.15) is 4.31 Å². The third-order valence-corrected chi connectivity index (χ3v) is 5.09. The first-order chi connectivity index (χ1) is 9.25. The fourth-order valence-electron chi connectivity index (χ4n) is 2.03. The van der Waals surface area contributed by atoms with Crippen molar-refractivity contribution >= 4 is 10.0 Å². The van der Waals surface area contributed by atoms with Crippen LogP contribution in [0.4, 0.5) is 0 Å². The topological polar surface area (TPSA) is 49.4 Å². The molecule has 4 nitrogen and oxygen atoms in total. The van der Waals surface area contributed by atoms with Gasteiger partial charge in [0, 0.05) is 25.7 Å². The molecule has 20 heavy (non-hydrogen) atoms. The van der Waals surface area contributed by atoms with Crippen LogP contribution in [0.2, 0.25) is 0 Å². The van der Waals surface area contributed by atoms with Crippen molar-refractivity contribution < 1.29 is 8.42 Å². The maximum atomic E-state index is 12.5. The van der Waals surface area contributed by atoms with Crippen molar-refractivity contribution in [1.82, 2.24) is 9.62 Å².